The van der Waals surface area contributed by atoms with E-state index >= 15 is 0 Å². The molecule has 3 N–H and O–H groups in total. The van der Waals surface area contributed by atoms with E-state index in [2.05, 4.69) is 10.2 Å². The highest BCUT2D eigenvalue weighted by Gasteiger charge is 2.23. The van der Waals surface area contributed by atoms with Crippen LogP contribution in [0.1, 0.15) is 24.1 Å². The molecule has 0 saturated carbocycles. The molecule has 26 heavy (non-hydrogen) atoms. The van der Waals surface area contributed by atoms with Gasteiger partial charge in [-0.2, -0.15) is 0 Å². The number of rotatable bonds is 8. The molecule has 140 valence electrons. The summed E-state index contributed by atoms with van der Waals surface area (Å²) in [6, 6.07) is 15.1. The predicted molar refractivity (Wildman–Crippen MR) is 106 cm³/mol. The highest BCUT2D eigenvalue weighted by atomic mass is 16.5. The van der Waals surface area contributed by atoms with Crippen LogP contribution in [0, 0.1) is 12.8 Å². The molecule has 1 amide bonds. The summed E-state index contributed by atoms with van der Waals surface area (Å²) in [5.41, 5.74) is 8.97. The summed E-state index contributed by atoms with van der Waals surface area (Å²) in [6.45, 7) is 5.20. The molecule has 2 atom stereocenters. The Morgan fingerprint density at radius 2 is 1.88 bits per heavy atom. The minimum atomic E-state index is -0.367. The first-order valence-corrected chi connectivity index (χ1v) is 8.88. The van der Waals surface area contributed by atoms with E-state index in [1.165, 1.54) is 0 Å². The molecular formula is C21H29N3O2. The minimum absolute atomic E-state index is 0.123. The number of nitrogens with one attached hydrogen (secondary N) is 1. The van der Waals surface area contributed by atoms with Gasteiger partial charge in [0.15, 0.2) is 0 Å². The van der Waals surface area contributed by atoms with Gasteiger partial charge >= 0.3 is 0 Å². The molecule has 2 rings (SSSR count). The third-order valence-electron chi connectivity index (χ3n) is 4.33. The molecule has 0 heterocycles. The van der Waals surface area contributed by atoms with Gasteiger partial charge in [-0.15, -0.1) is 0 Å². The quantitative estimate of drug-likeness (QED) is 0.763. The van der Waals surface area contributed by atoms with Gasteiger partial charge in [-0.1, -0.05) is 43.3 Å². The number of likely N-dealkylation sites (N-methyl/N-ethyl adjacent to an activating group) is 1. The Balaban J connectivity index is 2.07. The lowest BCUT2D eigenvalue weighted by atomic mass is 9.94. The van der Waals surface area contributed by atoms with Gasteiger partial charge in [0.1, 0.15) is 12.4 Å². The van der Waals surface area contributed by atoms with Crippen molar-refractivity contribution in [2.45, 2.75) is 19.9 Å². The first-order valence-electron chi connectivity index (χ1n) is 8.88. The second-order valence-electron chi connectivity index (χ2n) is 6.87. The van der Waals surface area contributed by atoms with Crippen molar-refractivity contribution in [3.8, 4) is 5.75 Å². The van der Waals surface area contributed by atoms with Crippen LogP contribution in [0.5, 0.6) is 5.75 Å². The lowest BCUT2D eigenvalue weighted by molar-refractivity contribution is -0.120. The Labute approximate surface area is 156 Å². The molecule has 0 aromatic heterocycles. The molecule has 2 aromatic rings. The zero-order valence-electron chi connectivity index (χ0n) is 16.0. The minimum Gasteiger partial charge on any atom is -0.490 e. The number of amides is 1. The van der Waals surface area contributed by atoms with E-state index < -0.39 is 0 Å². The van der Waals surface area contributed by atoms with Gasteiger partial charge in [0, 0.05) is 12.6 Å². The van der Waals surface area contributed by atoms with Crippen LogP contribution in [-0.4, -0.2) is 38.1 Å². The number of anilines is 1. The predicted octanol–water partition coefficient (Wildman–Crippen LogP) is 3.21. The van der Waals surface area contributed by atoms with Crippen molar-refractivity contribution < 1.29 is 9.53 Å². The fraction of sp³-hybridized carbons (Fsp3) is 0.381. The summed E-state index contributed by atoms with van der Waals surface area (Å²) in [5, 5.41) is 2.97. The maximum Gasteiger partial charge on any atom is 0.229 e. The molecule has 0 fully saturated rings. The number of nitrogens with zero attached hydrogens (tertiary/aromatic N) is 1. The van der Waals surface area contributed by atoms with Gasteiger partial charge < -0.3 is 20.7 Å². The fourth-order valence-electron chi connectivity index (χ4n) is 2.56. The molecule has 0 spiro atoms. The zero-order valence-corrected chi connectivity index (χ0v) is 16.0. The monoisotopic (exact) mass is 355 g/mol. The van der Waals surface area contributed by atoms with Crippen molar-refractivity contribution >= 4 is 11.6 Å². The van der Waals surface area contributed by atoms with Crippen LogP contribution >= 0.6 is 0 Å². The van der Waals surface area contributed by atoms with Crippen LogP contribution in [0.15, 0.2) is 48.5 Å². The zero-order chi connectivity index (χ0) is 19.1. The van der Waals surface area contributed by atoms with Crippen molar-refractivity contribution in [1.29, 1.82) is 0 Å². The smallest absolute Gasteiger partial charge is 0.229 e. The van der Waals surface area contributed by atoms with Gasteiger partial charge in [0.25, 0.3) is 0 Å². The van der Waals surface area contributed by atoms with Crippen LogP contribution in [0.4, 0.5) is 5.69 Å². The van der Waals surface area contributed by atoms with Crippen molar-refractivity contribution in [3.63, 3.8) is 0 Å². The molecule has 0 saturated heterocycles. The summed E-state index contributed by atoms with van der Waals surface area (Å²) in [5.74, 6) is 0.191. The Hall–Kier alpha value is -2.37. The van der Waals surface area contributed by atoms with Gasteiger partial charge in [-0.05, 0) is 44.3 Å². The maximum absolute atomic E-state index is 12.7. The molecule has 0 aliphatic heterocycles. The summed E-state index contributed by atoms with van der Waals surface area (Å²) in [4.78, 5) is 14.7. The third-order valence-corrected chi connectivity index (χ3v) is 4.33. The number of carbonyl (C=O) groups excluding carboxylic acids is 1. The number of ether oxygens (including phenoxy) is 1. The van der Waals surface area contributed by atoms with Crippen LogP contribution in [0.3, 0.4) is 0 Å². The average molecular weight is 355 g/mol. The largest absolute Gasteiger partial charge is 0.490 e. The van der Waals surface area contributed by atoms with Gasteiger partial charge in [0.05, 0.1) is 11.6 Å². The molecule has 0 radical (unpaired) electrons. The van der Waals surface area contributed by atoms with E-state index in [1.807, 2.05) is 76.5 Å². The van der Waals surface area contributed by atoms with Crippen molar-refractivity contribution in [3.05, 3.63) is 59.7 Å². The molecule has 0 bridgehead atoms. The topological polar surface area (TPSA) is 67.6 Å². The Morgan fingerprint density at radius 3 is 2.54 bits per heavy atom. The van der Waals surface area contributed by atoms with Crippen LogP contribution in [0.2, 0.25) is 0 Å². The number of hydrogen-bond donors (Lipinski definition) is 2. The Morgan fingerprint density at radius 1 is 1.19 bits per heavy atom. The molecular weight excluding hydrogens is 326 g/mol. The Kier molecular flexibility index (Phi) is 7.18. The van der Waals surface area contributed by atoms with E-state index in [1.54, 1.807) is 0 Å². The van der Waals surface area contributed by atoms with E-state index in [0.717, 1.165) is 17.7 Å². The molecule has 2 aromatic carbocycles. The van der Waals surface area contributed by atoms with Crippen molar-refractivity contribution in [1.82, 2.24) is 4.90 Å². The normalized spacial score (nSPS) is 13.3. The molecule has 0 aliphatic rings. The van der Waals surface area contributed by atoms with Crippen LogP contribution < -0.4 is 15.8 Å². The van der Waals surface area contributed by atoms with E-state index in [4.69, 9.17) is 10.5 Å². The second-order valence-corrected chi connectivity index (χ2v) is 6.87. The number of nitrogens with two attached hydrogens (primary N) is 1. The Bertz CT molecular complexity index is 716. The van der Waals surface area contributed by atoms with Crippen LogP contribution in [-0.2, 0) is 4.79 Å². The highest BCUT2D eigenvalue weighted by molar-refractivity contribution is 5.94. The summed E-state index contributed by atoms with van der Waals surface area (Å²) in [6.07, 6.45) is 0. The van der Waals surface area contributed by atoms with E-state index in [0.29, 0.717) is 18.0 Å². The van der Waals surface area contributed by atoms with Crippen molar-refractivity contribution in [2.24, 2.45) is 11.7 Å². The van der Waals surface area contributed by atoms with Gasteiger partial charge in [-0.3, -0.25) is 4.79 Å². The highest BCUT2D eigenvalue weighted by Crippen LogP contribution is 2.28. The third kappa shape index (κ3) is 5.58. The molecule has 5 heteroatoms. The number of hydrogen-bond acceptors (Lipinski definition) is 4. The summed E-state index contributed by atoms with van der Waals surface area (Å²) in [7, 11) is 3.99. The fourth-order valence-corrected chi connectivity index (χ4v) is 2.56. The SMILES string of the molecule is Cc1ccc(NC(=O)C(C)C(N)c2ccccc2)c(OCCN(C)C)c1. The van der Waals surface area contributed by atoms with E-state index in [9.17, 15) is 4.79 Å². The first-order chi connectivity index (χ1) is 12.4. The second kappa shape index (κ2) is 9.36. The number of aryl methyl sites for hydroxylation is 1. The summed E-state index contributed by atoms with van der Waals surface area (Å²) < 4.78 is 5.87. The lowest BCUT2D eigenvalue weighted by Crippen LogP contribution is -2.30. The lowest BCUT2D eigenvalue weighted by Gasteiger charge is -2.21. The molecule has 5 nitrogen and oxygen atoms in total. The first kappa shape index (κ1) is 19.9. The average Bonchev–Trinajstić information content (AvgIpc) is 2.63. The summed E-state index contributed by atoms with van der Waals surface area (Å²) >= 11 is 0. The van der Waals surface area contributed by atoms with E-state index in [-0.39, 0.29) is 17.9 Å². The molecule has 0 aliphatic carbocycles. The van der Waals surface area contributed by atoms with Crippen molar-refractivity contribution in [2.75, 3.05) is 32.6 Å². The maximum atomic E-state index is 12.7. The standard InChI is InChI=1S/C21H29N3O2/c1-15-10-11-18(19(14-15)26-13-12-24(3)4)23-21(25)16(2)20(22)17-8-6-5-7-9-17/h5-11,14,16,20H,12-13,22H2,1-4H3,(H,23,25). The number of carbonyl (C=O) groups is 1. The molecule has 2 unspecified atom stereocenters. The van der Waals surface area contributed by atoms with Gasteiger partial charge in [0.2, 0.25) is 5.91 Å². The van der Waals surface area contributed by atoms with Gasteiger partial charge in [-0.25, -0.2) is 0 Å². The van der Waals surface area contributed by atoms with Crippen LogP contribution in [0.25, 0.3) is 0 Å². The number of benzene rings is 2.